The van der Waals surface area contributed by atoms with Crippen LogP contribution >= 0.6 is 11.8 Å². The predicted molar refractivity (Wildman–Crippen MR) is 76.1 cm³/mol. The van der Waals surface area contributed by atoms with E-state index in [-0.39, 0.29) is 0 Å². The highest BCUT2D eigenvalue weighted by Crippen LogP contribution is 2.32. The van der Waals surface area contributed by atoms with Crippen LogP contribution in [0.1, 0.15) is 23.6 Å². The molecule has 0 fully saturated rings. The Morgan fingerprint density at radius 3 is 3.24 bits per heavy atom. The standard InChI is InChI=1S/C14H18N2S/c1-2-8-17-9-7-16-14-6-3-11-10-12(15)4-5-13(11)14/h1,4-5,10,14,16H,3,6-9,15H2. The summed E-state index contributed by atoms with van der Waals surface area (Å²) in [6.45, 7) is 1.01. The highest BCUT2D eigenvalue weighted by molar-refractivity contribution is 7.99. The number of benzene rings is 1. The van der Waals surface area contributed by atoms with Crippen LogP contribution in [0.2, 0.25) is 0 Å². The summed E-state index contributed by atoms with van der Waals surface area (Å²) < 4.78 is 0. The van der Waals surface area contributed by atoms with Crippen LogP contribution in [0.3, 0.4) is 0 Å². The lowest BCUT2D eigenvalue weighted by atomic mass is 10.1. The summed E-state index contributed by atoms with van der Waals surface area (Å²) in [6, 6.07) is 6.75. The minimum Gasteiger partial charge on any atom is -0.399 e. The van der Waals surface area contributed by atoms with Crippen molar-refractivity contribution in [1.29, 1.82) is 0 Å². The van der Waals surface area contributed by atoms with Gasteiger partial charge in [0.2, 0.25) is 0 Å². The number of hydrogen-bond donors (Lipinski definition) is 2. The summed E-state index contributed by atoms with van der Waals surface area (Å²) in [4.78, 5) is 0. The maximum Gasteiger partial charge on any atom is 0.0545 e. The molecular formula is C14H18N2S. The van der Waals surface area contributed by atoms with Crippen molar-refractivity contribution in [3.8, 4) is 12.3 Å². The summed E-state index contributed by atoms with van der Waals surface area (Å²) in [7, 11) is 0. The summed E-state index contributed by atoms with van der Waals surface area (Å²) in [5.41, 5.74) is 9.48. The van der Waals surface area contributed by atoms with Crippen molar-refractivity contribution < 1.29 is 0 Å². The molecule has 0 saturated heterocycles. The minimum atomic E-state index is 0.497. The van der Waals surface area contributed by atoms with E-state index in [4.69, 9.17) is 12.2 Å². The molecule has 1 unspecified atom stereocenters. The molecule has 3 heteroatoms. The second-order valence-corrected chi connectivity index (χ2v) is 5.37. The van der Waals surface area contributed by atoms with E-state index >= 15 is 0 Å². The first-order chi connectivity index (χ1) is 8.31. The lowest BCUT2D eigenvalue weighted by Crippen LogP contribution is -2.21. The summed E-state index contributed by atoms with van der Waals surface area (Å²) in [5.74, 6) is 4.52. The number of terminal acetylenes is 1. The maximum atomic E-state index is 5.79. The van der Waals surface area contributed by atoms with Crippen molar-refractivity contribution in [2.75, 3.05) is 23.8 Å². The van der Waals surface area contributed by atoms with Gasteiger partial charge in [-0.25, -0.2) is 0 Å². The van der Waals surface area contributed by atoms with E-state index < -0.39 is 0 Å². The van der Waals surface area contributed by atoms with Crippen LogP contribution in [0.15, 0.2) is 18.2 Å². The topological polar surface area (TPSA) is 38.0 Å². The van der Waals surface area contributed by atoms with Crippen molar-refractivity contribution >= 4 is 17.4 Å². The number of nitrogen functional groups attached to an aromatic ring is 1. The zero-order chi connectivity index (χ0) is 12.1. The van der Waals surface area contributed by atoms with Gasteiger partial charge >= 0.3 is 0 Å². The van der Waals surface area contributed by atoms with Gasteiger partial charge in [0.05, 0.1) is 5.75 Å². The van der Waals surface area contributed by atoms with Crippen LogP contribution in [0.5, 0.6) is 0 Å². The zero-order valence-corrected chi connectivity index (χ0v) is 10.7. The van der Waals surface area contributed by atoms with Crippen molar-refractivity contribution in [2.24, 2.45) is 0 Å². The van der Waals surface area contributed by atoms with Gasteiger partial charge < -0.3 is 11.1 Å². The van der Waals surface area contributed by atoms with Crippen LogP contribution in [0.4, 0.5) is 5.69 Å². The Kier molecular flexibility index (Phi) is 4.36. The van der Waals surface area contributed by atoms with Gasteiger partial charge in [0.1, 0.15) is 0 Å². The number of nitrogens with two attached hydrogens (primary N) is 1. The van der Waals surface area contributed by atoms with Crippen molar-refractivity contribution in [3.63, 3.8) is 0 Å². The van der Waals surface area contributed by atoms with Crippen LogP contribution in [0, 0.1) is 12.3 Å². The molecule has 90 valence electrons. The lowest BCUT2D eigenvalue weighted by Gasteiger charge is -2.13. The van der Waals surface area contributed by atoms with Gasteiger partial charge in [0.15, 0.2) is 0 Å². The number of nitrogens with one attached hydrogen (secondary N) is 1. The van der Waals surface area contributed by atoms with E-state index in [0.717, 1.165) is 30.2 Å². The average Bonchev–Trinajstić information content (AvgIpc) is 2.71. The molecule has 0 saturated carbocycles. The van der Waals surface area contributed by atoms with Crippen molar-refractivity contribution in [2.45, 2.75) is 18.9 Å². The van der Waals surface area contributed by atoms with Gasteiger partial charge in [-0.05, 0) is 36.1 Å². The summed E-state index contributed by atoms with van der Waals surface area (Å²) >= 11 is 1.80. The first kappa shape index (κ1) is 12.3. The monoisotopic (exact) mass is 246 g/mol. The summed E-state index contributed by atoms with van der Waals surface area (Å²) in [5, 5.41) is 3.59. The molecule has 0 radical (unpaired) electrons. The highest BCUT2D eigenvalue weighted by Gasteiger charge is 2.21. The van der Waals surface area contributed by atoms with E-state index in [9.17, 15) is 0 Å². The number of aryl methyl sites for hydroxylation is 1. The summed E-state index contributed by atoms with van der Waals surface area (Å²) in [6.07, 6.45) is 7.52. The molecule has 0 bridgehead atoms. The highest BCUT2D eigenvalue weighted by atomic mass is 32.2. The normalized spacial score (nSPS) is 17.7. The Labute approximate surface area is 107 Å². The Hall–Kier alpha value is -1.11. The van der Waals surface area contributed by atoms with Crippen molar-refractivity contribution in [1.82, 2.24) is 5.32 Å². The van der Waals surface area contributed by atoms with Crippen LogP contribution < -0.4 is 11.1 Å². The Morgan fingerprint density at radius 2 is 2.41 bits per heavy atom. The SMILES string of the molecule is C#CCSCCNC1CCc2cc(N)ccc21. The molecule has 3 N–H and O–H groups in total. The molecule has 0 amide bonds. The molecular weight excluding hydrogens is 228 g/mol. The van der Waals surface area contributed by atoms with Gasteiger partial charge in [-0.15, -0.1) is 18.2 Å². The molecule has 1 aliphatic rings. The smallest absolute Gasteiger partial charge is 0.0545 e. The molecule has 1 aromatic carbocycles. The molecule has 0 aromatic heterocycles. The second kappa shape index (κ2) is 6.00. The molecule has 0 aliphatic heterocycles. The molecule has 2 nitrogen and oxygen atoms in total. The average molecular weight is 246 g/mol. The Morgan fingerprint density at radius 1 is 1.53 bits per heavy atom. The van der Waals surface area contributed by atoms with E-state index in [1.165, 1.54) is 17.5 Å². The first-order valence-corrected chi connectivity index (χ1v) is 7.09. The third-order valence-corrected chi connectivity index (χ3v) is 3.93. The number of thioether (sulfide) groups is 1. The van der Waals surface area contributed by atoms with Crippen LogP contribution in [-0.2, 0) is 6.42 Å². The van der Waals surface area contributed by atoms with Crippen molar-refractivity contribution in [3.05, 3.63) is 29.3 Å². The molecule has 1 aliphatic carbocycles. The molecule has 17 heavy (non-hydrogen) atoms. The lowest BCUT2D eigenvalue weighted by molar-refractivity contribution is 0.552. The quantitative estimate of drug-likeness (QED) is 0.475. The third-order valence-electron chi connectivity index (χ3n) is 3.07. The van der Waals surface area contributed by atoms with Crippen LogP contribution in [0.25, 0.3) is 0 Å². The van der Waals surface area contributed by atoms with E-state index in [2.05, 4.69) is 23.4 Å². The van der Waals surface area contributed by atoms with E-state index in [1.54, 1.807) is 11.8 Å². The first-order valence-electron chi connectivity index (χ1n) is 5.94. The Bertz CT molecular complexity index is 423. The van der Waals surface area contributed by atoms with Gasteiger partial charge in [-0.3, -0.25) is 0 Å². The molecule has 2 rings (SSSR count). The second-order valence-electron chi connectivity index (χ2n) is 4.26. The zero-order valence-electron chi connectivity index (χ0n) is 9.91. The number of hydrogen-bond acceptors (Lipinski definition) is 3. The van der Waals surface area contributed by atoms with E-state index in [0.29, 0.717) is 6.04 Å². The fourth-order valence-electron chi connectivity index (χ4n) is 2.29. The number of anilines is 1. The predicted octanol–water partition coefficient (Wildman–Crippen LogP) is 2.21. The molecule has 1 aromatic rings. The minimum absolute atomic E-state index is 0.497. The fourth-order valence-corrected chi connectivity index (χ4v) is 2.81. The van der Waals surface area contributed by atoms with Gasteiger partial charge in [0.25, 0.3) is 0 Å². The number of rotatable bonds is 5. The van der Waals surface area contributed by atoms with Gasteiger partial charge in [0, 0.05) is 24.0 Å². The molecule has 0 spiro atoms. The maximum absolute atomic E-state index is 5.79. The molecule has 0 heterocycles. The Balaban J connectivity index is 1.83. The van der Waals surface area contributed by atoms with Crippen LogP contribution in [-0.4, -0.2) is 18.1 Å². The van der Waals surface area contributed by atoms with E-state index in [1.807, 2.05) is 6.07 Å². The third kappa shape index (κ3) is 3.18. The van der Waals surface area contributed by atoms with Gasteiger partial charge in [-0.1, -0.05) is 12.0 Å². The van der Waals surface area contributed by atoms with Gasteiger partial charge in [-0.2, -0.15) is 0 Å². The largest absolute Gasteiger partial charge is 0.399 e. The molecule has 1 atom stereocenters. The number of fused-ring (bicyclic) bond motifs is 1. The fraction of sp³-hybridized carbons (Fsp3) is 0.429.